The second kappa shape index (κ2) is 4.53. The molecule has 0 radical (unpaired) electrons. The van der Waals surface area contributed by atoms with E-state index in [4.69, 9.17) is 5.11 Å². The Morgan fingerprint density at radius 1 is 1.29 bits per heavy atom. The Hall–Kier alpha value is -1.91. The highest BCUT2D eigenvalue weighted by Crippen LogP contribution is 2.22. The smallest absolute Gasteiger partial charge is 0.340 e. The van der Waals surface area contributed by atoms with Crippen LogP contribution in [0, 0.1) is 11.2 Å². The molecule has 2 N–H and O–H groups in total. The third kappa shape index (κ3) is 3.03. The lowest BCUT2D eigenvalue weighted by Crippen LogP contribution is -2.28. The second-order valence-corrected chi connectivity index (χ2v) is 4.67. The highest BCUT2D eigenvalue weighted by atomic mass is 19.1. The van der Waals surface area contributed by atoms with Crippen molar-refractivity contribution in [3.8, 4) is 0 Å². The Kier molecular flexibility index (Phi) is 3.50. The van der Waals surface area contributed by atoms with Crippen molar-refractivity contribution < 1.29 is 19.1 Å². The lowest BCUT2D eigenvalue weighted by atomic mass is 9.95. The number of anilines is 1. The van der Waals surface area contributed by atoms with Crippen LogP contribution in [0.15, 0.2) is 18.2 Å². The molecule has 1 amide bonds. The van der Waals surface area contributed by atoms with Crippen LogP contribution in [0.3, 0.4) is 0 Å². The number of nitrogens with one attached hydrogen (secondary N) is 1. The van der Waals surface area contributed by atoms with Crippen molar-refractivity contribution in [3.05, 3.63) is 29.6 Å². The molecule has 1 rings (SSSR count). The minimum Gasteiger partial charge on any atom is -0.478 e. The molecule has 0 aliphatic carbocycles. The third-order valence-electron chi connectivity index (χ3n) is 2.16. The predicted molar refractivity (Wildman–Crippen MR) is 61.4 cm³/mol. The number of carboxylic acids is 1. The molecule has 0 aliphatic heterocycles. The first-order chi connectivity index (χ1) is 7.73. The Balaban J connectivity index is 3.12. The van der Waals surface area contributed by atoms with E-state index in [9.17, 15) is 14.0 Å². The van der Waals surface area contributed by atoms with E-state index in [0.717, 1.165) is 6.07 Å². The van der Waals surface area contributed by atoms with E-state index in [1.807, 2.05) is 0 Å². The van der Waals surface area contributed by atoms with Gasteiger partial charge in [-0.3, -0.25) is 4.79 Å². The Morgan fingerprint density at radius 2 is 1.88 bits per heavy atom. The van der Waals surface area contributed by atoms with Crippen LogP contribution in [-0.4, -0.2) is 17.0 Å². The number of benzene rings is 1. The van der Waals surface area contributed by atoms with Crippen molar-refractivity contribution in [1.82, 2.24) is 0 Å². The topological polar surface area (TPSA) is 66.4 Å². The number of hydrogen-bond acceptors (Lipinski definition) is 2. The first kappa shape index (κ1) is 13.2. The van der Waals surface area contributed by atoms with Crippen LogP contribution in [0.5, 0.6) is 0 Å². The first-order valence-electron chi connectivity index (χ1n) is 5.06. The molecule has 92 valence electrons. The van der Waals surface area contributed by atoms with Crippen molar-refractivity contribution in [1.29, 1.82) is 0 Å². The van der Waals surface area contributed by atoms with E-state index >= 15 is 0 Å². The number of rotatable bonds is 2. The summed E-state index contributed by atoms with van der Waals surface area (Å²) in [7, 11) is 0. The molecular formula is C12H14FNO3. The molecule has 0 heterocycles. The van der Waals surface area contributed by atoms with Crippen molar-refractivity contribution in [2.24, 2.45) is 5.41 Å². The van der Waals surface area contributed by atoms with Gasteiger partial charge in [0.1, 0.15) is 11.4 Å². The second-order valence-electron chi connectivity index (χ2n) is 4.67. The third-order valence-corrected chi connectivity index (χ3v) is 2.16. The number of carboxylic acid groups (broad SMARTS) is 1. The number of carbonyl (C=O) groups excluding carboxylic acids is 1. The fourth-order valence-corrected chi connectivity index (χ4v) is 1.16. The molecule has 0 fully saturated rings. The molecule has 1 aromatic rings. The first-order valence-corrected chi connectivity index (χ1v) is 5.06. The van der Waals surface area contributed by atoms with Crippen LogP contribution in [0.4, 0.5) is 10.1 Å². The van der Waals surface area contributed by atoms with Crippen molar-refractivity contribution in [2.45, 2.75) is 20.8 Å². The zero-order chi connectivity index (χ0) is 13.2. The molecule has 0 aliphatic rings. The van der Waals surface area contributed by atoms with Gasteiger partial charge >= 0.3 is 5.97 Å². The molecule has 0 saturated heterocycles. The summed E-state index contributed by atoms with van der Waals surface area (Å²) in [4.78, 5) is 22.6. The molecule has 0 unspecified atom stereocenters. The fraction of sp³-hybridized carbons (Fsp3) is 0.333. The Morgan fingerprint density at radius 3 is 2.35 bits per heavy atom. The van der Waals surface area contributed by atoms with Gasteiger partial charge in [0.05, 0.1) is 5.69 Å². The van der Waals surface area contributed by atoms with Gasteiger partial charge in [0, 0.05) is 5.41 Å². The largest absolute Gasteiger partial charge is 0.478 e. The summed E-state index contributed by atoms with van der Waals surface area (Å²) < 4.78 is 13.3. The molecule has 1 aromatic carbocycles. The molecule has 4 nitrogen and oxygen atoms in total. The molecule has 17 heavy (non-hydrogen) atoms. The summed E-state index contributed by atoms with van der Waals surface area (Å²) in [6, 6.07) is 3.74. The zero-order valence-corrected chi connectivity index (χ0v) is 9.87. The summed E-state index contributed by atoms with van der Waals surface area (Å²) in [5.74, 6) is -2.65. The van der Waals surface area contributed by atoms with Gasteiger partial charge in [-0.15, -0.1) is 0 Å². The molecule has 0 bridgehead atoms. The van der Waals surface area contributed by atoms with Gasteiger partial charge in [-0.1, -0.05) is 26.8 Å². The van der Waals surface area contributed by atoms with Gasteiger partial charge in [0.15, 0.2) is 0 Å². The van der Waals surface area contributed by atoms with Crippen LogP contribution in [0.1, 0.15) is 31.1 Å². The van der Waals surface area contributed by atoms with Gasteiger partial charge < -0.3 is 10.4 Å². The molecule has 0 spiro atoms. The highest BCUT2D eigenvalue weighted by molar-refractivity contribution is 6.02. The SMILES string of the molecule is CC(C)(C)C(=O)Nc1cccc(F)c1C(=O)O. The average Bonchev–Trinajstić information content (AvgIpc) is 2.15. The number of hydrogen-bond donors (Lipinski definition) is 2. The fourth-order valence-electron chi connectivity index (χ4n) is 1.16. The number of amides is 1. The lowest BCUT2D eigenvalue weighted by molar-refractivity contribution is -0.123. The van der Waals surface area contributed by atoms with Crippen LogP contribution >= 0.6 is 0 Å². The average molecular weight is 239 g/mol. The number of halogens is 1. The van der Waals surface area contributed by atoms with E-state index < -0.39 is 22.8 Å². The van der Waals surface area contributed by atoms with E-state index in [1.54, 1.807) is 20.8 Å². The number of aromatic carboxylic acids is 1. The summed E-state index contributed by atoms with van der Waals surface area (Å²) in [5.41, 5.74) is -1.23. The Bertz CT molecular complexity index is 463. The standard InChI is InChI=1S/C12H14FNO3/c1-12(2,3)11(17)14-8-6-4-5-7(13)9(8)10(15)16/h4-6H,1-3H3,(H,14,17)(H,15,16). The van der Waals surface area contributed by atoms with Gasteiger partial charge in [-0.05, 0) is 12.1 Å². The Labute approximate surface area is 98.5 Å². The molecule has 0 aromatic heterocycles. The van der Waals surface area contributed by atoms with Gasteiger partial charge in [0.25, 0.3) is 0 Å². The lowest BCUT2D eigenvalue weighted by Gasteiger charge is -2.18. The maximum atomic E-state index is 13.3. The summed E-state index contributed by atoms with van der Waals surface area (Å²) in [5, 5.41) is 11.3. The molecule has 5 heteroatoms. The minimum atomic E-state index is -1.41. The molecule has 0 atom stereocenters. The monoisotopic (exact) mass is 239 g/mol. The maximum Gasteiger partial charge on any atom is 0.340 e. The van der Waals surface area contributed by atoms with Crippen molar-refractivity contribution in [2.75, 3.05) is 5.32 Å². The van der Waals surface area contributed by atoms with Crippen LogP contribution in [0.2, 0.25) is 0 Å². The molecule has 0 saturated carbocycles. The predicted octanol–water partition coefficient (Wildman–Crippen LogP) is 2.51. The van der Waals surface area contributed by atoms with Gasteiger partial charge in [-0.2, -0.15) is 0 Å². The van der Waals surface area contributed by atoms with Crippen LogP contribution in [0.25, 0.3) is 0 Å². The number of carbonyl (C=O) groups is 2. The van der Waals surface area contributed by atoms with E-state index in [2.05, 4.69) is 5.32 Å². The summed E-state index contributed by atoms with van der Waals surface area (Å²) in [6.07, 6.45) is 0. The molecular weight excluding hydrogens is 225 g/mol. The maximum absolute atomic E-state index is 13.3. The minimum absolute atomic E-state index is 0.0302. The van der Waals surface area contributed by atoms with Crippen LogP contribution in [-0.2, 0) is 4.79 Å². The van der Waals surface area contributed by atoms with Crippen molar-refractivity contribution >= 4 is 17.6 Å². The summed E-state index contributed by atoms with van der Waals surface area (Å²) >= 11 is 0. The quantitative estimate of drug-likeness (QED) is 0.833. The van der Waals surface area contributed by atoms with E-state index in [-0.39, 0.29) is 11.6 Å². The van der Waals surface area contributed by atoms with E-state index in [0.29, 0.717) is 0 Å². The normalized spacial score (nSPS) is 11.1. The van der Waals surface area contributed by atoms with Crippen molar-refractivity contribution in [3.63, 3.8) is 0 Å². The van der Waals surface area contributed by atoms with E-state index in [1.165, 1.54) is 12.1 Å². The zero-order valence-electron chi connectivity index (χ0n) is 9.87. The summed E-state index contributed by atoms with van der Waals surface area (Å²) in [6.45, 7) is 5.05. The highest BCUT2D eigenvalue weighted by Gasteiger charge is 2.24. The van der Waals surface area contributed by atoms with Gasteiger partial charge in [-0.25, -0.2) is 9.18 Å². The van der Waals surface area contributed by atoms with Gasteiger partial charge in [0.2, 0.25) is 5.91 Å². The van der Waals surface area contributed by atoms with Crippen LogP contribution < -0.4 is 5.32 Å².